The first kappa shape index (κ1) is 18.9. The molecule has 1 aliphatic heterocycles. The molecule has 4 N–H and O–H groups in total. The molecule has 1 fully saturated rings. The van der Waals surface area contributed by atoms with Crippen molar-refractivity contribution < 1.29 is 9.59 Å². The zero-order chi connectivity index (χ0) is 18.9. The van der Waals surface area contributed by atoms with E-state index in [2.05, 4.69) is 26.2 Å². The van der Waals surface area contributed by atoms with Crippen molar-refractivity contribution in [3.8, 4) is 0 Å². The zero-order valence-corrected chi connectivity index (χ0v) is 15.2. The van der Waals surface area contributed by atoms with Crippen LogP contribution in [-0.2, 0) is 0 Å². The van der Waals surface area contributed by atoms with Crippen LogP contribution in [0.3, 0.4) is 0 Å². The number of rotatable bonds is 6. The van der Waals surface area contributed by atoms with Crippen LogP contribution < -0.4 is 21.3 Å². The number of carbonyl (C=O) groups is 2. The molecule has 0 unspecified atom stereocenters. The van der Waals surface area contributed by atoms with Gasteiger partial charge in [-0.3, -0.25) is 9.69 Å². The molecule has 27 heavy (non-hydrogen) atoms. The molecule has 0 radical (unpaired) electrons. The molecule has 0 bridgehead atoms. The van der Waals surface area contributed by atoms with E-state index in [9.17, 15) is 9.59 Å². The fraction of sp³-hybridized carbons (Fsp3) is 0.300. The Balaban J connectivity index is 1.43. The minimum atomic E-state index is -0.325. The Bertz CT molecular complexity index is 743. The molecule has 7 nitrogen and oxygen atoms in total. The SMILES string of the molecule is O=C(Nc1ccccc1)Nc1ccc(C(=O)NCCN2CCNCC2)cc1. The molecule has 7 heteroatoms. The molecular weight excluding hydrogens is 342 g/mol. The molecule has 0 aliphatic carbocycles. The van der Waals surface area contributed by atoms with Gasteiger partial charge in [-0.2, -0.15) is 0 Å². The van der Waals surface area contributed by atoms with E-state index in [4.69, 9.17) is 0 Å². The van der Waals surface area contributed by atoms with E-state index in [0.29, 0.717) is 17.8 Å². The highest BCUT2D eigenvalue weighted by Gasteiger charge is 2.10. The van der Waals surface area contributed by atoms with Crippen molar-refractivity contribution in [2.75, 3.05) is 49.9 Å². The number of benzene rings is 2. The molecule has 3 amide bonds. The Morgan fingerprint density at radius 1 is 0.889 bits per heavy atom. The lowest BCUT2D eigenvalue weighted by Gasteiger charge is -2.27. The normalized spacial score (nSPS) is 14.4. The molecule has 2 aromatic rings. The molecule has 0 spiro atoms. The van der Waals surface area contributed by atoms with E-state index in [-0.39, 0.29) is 11.9 Å². The highest BCUT2D eigenvalue weighted by molar-refractivity contribution is 6.00. The maximum absolute atomic E-state index is 12.2. The first-order chi connectivity index (χ1) is 13.2. The van der Waals surface area contributed by atoms with Gasteiger partial charge in [-0.25, -0.2) is 4.79 Å². The van der Waals surface area contributed by atoms with Crippen LogP contribution in [0.15, 0.2) is 54.6 Å². The molecule has 2 aromatic carbocycles. The number of nitrogens with one attached hydrogen (secondary N) is 4. The Kier molecular flexibility index (Phi) is 6.78. The van der Waals surface area contributed by atoms with E-state index >= 15 is 0 Å². The molecule has 0 atom stereocenters. The molecule has 1 heterocycles. The third-order valence-electron chi connectivity index (χ3n) is 4.36. The minimum Gasteiger partial charge on any atom is -0.351 e. The second kappa shape index (κ2) is 9.70. The predicted molar refractivity (Wildman–Crippen MR) is 107 cm³/mol. The summed E-state index contributed by atoms with van der Waals surface area (Å²) in [7, 11) is 0. The molecule has 0 saturated carbocycles. The minimum absolute atomic E-state index is 0.106. The van der Waals surface area contributed by atoms with E-state index < -0.39 is 0 Å². The lowest BCUT2D eigenvalue weighted by Crippen LogP contribution is -2.46. The fourth-order valence-corrected chi connectivity index (χ4v) is 2.88. The van der Waals surface area contributed by atoms with Gasteiger partial charge in [0.15, 0.2) is 0 Å². The summed E-state index contributed by atoms with van der Waals surface area (Å²) in [6, 6.07) is 15.7. The quantitative estimate of drug-likeness (QED) is 0.629. The molecule has 1 saturated heterocycles. The van der Waals surface area contributed by atoms with Crippen molar-refractivity contribution in [3.63, 3.8) is 0 Å². The van der Waals surface area contributed by atoms with Gasteiger partial charge in [0.2, 0.25) is 0 Å². The molecular formula is C20H25N5O2. The molecule has 142 valence electrons. The summed E-state index contributed by atoms with van der Waals surface area (Å²) in [6.45, 7) is 5.51. The van der Waals surface area contributed by atoms with Crippen molar-refractivity contribution >= 4 is 23.3 Å². The number of hydrogen-bond acceptors (Lipinski definition) is 4. The average molecular weight is 367 g/mol. The van der Waals surface area contributed by atoms with Crippen LogP contribution in [0.4, 0.5) is 16.2 Å². The van der Waals surface area contributed by atoms with Gasteiger partial charge in [0, 0.05) is 56.2 Å². The lowest BCUT2D eigenvalue weighted by molar-refractivity contribution is 0.0947. The van der Waals surface area contributed by atoms with Gasteiger partial charge >= 0.3 is 6.03 Å². The van der Waals surface area contributed by atoms with Crippen molar-refractivity contribution in [1.82, 2.24) is 15.5 Å². The van der Waals surface area contributed by atoms with Crippen LogP contribution in [0.1, 0.15) is 10.4 Å². The van der Waals surface area contributed by atoms with Gasteiger partial charge < -0.3 is 21.3 Å². The second-order valence-electron chi connectivity index (χ2n) is 6.37. The molecule has 0 aromatic heterocycles. The Morgan fingerprint density at radius 3 is 2.19 bits per heavy atom. The summed E-state index contributed by atoms with van der Waals surface area (Å²) in [4.78, 5) is 26.5. The Morgan fingerprint density at radius 2 is 1.52 bits per heavy atom. The molecule has 3 rings (SSSR count). The summed E-state index contributed by atoms with van der Waals surface area (Å²) < 4.78 is 0. The predicted octanol–water partition coefficient (Wildman–Crippen LogP) is 1.97. The van der Waals surface area contributed by atoms with Crippen LogP contribution in [0, 0.1) is 0 Å². The number of anilines is 2. The Hall–Kier alpha value is -2.90. The largest absolute Gasteiger partial charge is 0.351 e. The van der Waals surface area contributed by atoms with Crippen LogP contribution in [0.5, 0.6) is 0 Å². The maximum atomic E-state index is 12.2. The summed E-state index contributed by atoms with van der Waals surface area (Å²) in [5, 5.41) is 11.7. The number of urea groups is 1. The number of carbonyl (C=O) groups excluding carboxylic acids is 2. The van der Waals surface area contributed by atoms with Crippen LogP contribution in [-0.4, -0.2) is 56.1 Å². The smallest absolute Gasteiger partial charge is 0.323 e. The number of amides is 3. The highest BCUT2D eigenvalue weighted by Crippen LogP contribution is 2.11. The highest BCUT2D eigenvalue weighted by atomic mass is 16.2. The fourth-order valence-electron chi connectivity index (χ4n) is 2.88. The standard InChI is InChI=1S/C20H25N5O2/c26-19(22-12-15-25-13-10-21-11-14-25)16-6-8-18(9-7-16)24-20(27)23-17-4-2-1-3-5-17/h1-9,21H,10-15H2,(H,22,26)(H2,23,24,27). The zero-order valence-electron chi connectivity index (χ0n) is 15.2. The first-order valence-electron chi connectivity index (χ1n) is 9.15. The van der Waals surface area contributed by atoms with Gasteiger partial charge in [0.1, 0.15) is 0 Å². The van der Waals surface area contributed by atoms with Gasteiger partial charge in [-0.1, -0.05) is 18.2 Å². The van der Waals surface area contributed by atoms with Crippen molar-refractivity contribution in [1.29, 1.82) is 0 Å². The van der Waals surface area contributed by atoms with E-state index in [1.807, 2.05) is 30.3 Å². The number of para-hydroxylation sites is 1. The van der Waals surface area contributed by atoms with Crippen LogP contribution in [0.25, 0.3) is 0 Å². The monoisotopic (exact) mass is 367 g/mol. The number of hydrogen-bond donors (Lipinski definition) is 4. The lowest BCUT2D eigenvalue weighted by atomic mass is 10.2. The third-order valence-corrected chi connectivity index (χ3v) is 4.36. The Labute approximate surface area is 159 Å². The van der Waals surface area contributed by atoms with Crippen LogP contribution >= 0.6 is 0 Å². The van der Waals surface area contributed by atoms with E-state index in [1.54, 1.807) is 24.3 Å². The second-order valence-corrected chi connectivity index (χ2v) is 6.37. The van der Waals surface area contributed by atoms with Crippen molar-refractivity contribution in [3.05, 3.63) is 60.2 Å². The molecule has 1 aliphatic rings. The van der Waals surface area contributed by atoms with Gasteiger partial charge in [-0.05, 0) is 36.4 Å². The topological polar surface area (TPSA) is 85.5 Å². The van der Waals surface area contributed by atoms with Crippen LogP contribution in [0.2, 0.25) is 0 Å². The number of nitrogens with zero attached hydrogens (tertiary/aromatic N) is 1. The van der Waals surface area contributed by atoms with E-state index in [1.165, 1.54) is 0 Å². The summed E-state index contributed by atoms with van der Waals surface area (Å²) in [5.74, 6) is -0.106. The summed E-state index contributed by atoms with van der Waals surface area (Å²) in [6.07, 6.45) is 0. The van der Waals surface area contributed by atoms with Crippen molar-refractivity contribution in [2.45, 2.75) is 0 Å². The first-order valence-corrected chi connectivity index (χ1v) is 9.15. The van der Waals surface area contributed by atoms with Crippen molar-refractivity contribution in [2.24, 2.45) is 0 Å². The summed E-state index contributed by atoms with van der Waals surface area (Å²) in [5.41, 5.74) is 1.92. The summed E-state index contributed by atoms with van der Waals surface area (Å²) >= 11 is 0. The third kappa shape index (κ3) is 6.09. The number of piperazine rings is 1. The van der Waals surface area contributed by atoms with E-state index in [0.717, 1.165) is 38.4 Å². The average Bonchev–Trinajstić information content (AvgIpc) is 2.70. The van der Waals surface area contributed by atoms with Gasteiger partial charge in [0.25, 0.3) is 5.91 Å². The maximum Gasteiger partial charge on any atom is 0.323 e. The van der Waals surface area contributed by atoms with Gasteiger partial charge in [0.05, 0.1) is 0 Å². The van der Waals surface area contributed by atoms with Gasteiger partial charge in [-0.15, -0.1) is 0 Å².